The summed E-state index contributed by atoms with van der Waals surface area (Å²) in [6, 6.07) is 11.8. The largest absolute Gasteiger partial charge is 0.353 e. The zero-order valence-electron chi connectivity index (χ0n) is 17.4. The lowest BCUT2D eigenvalue weighted by molar-refractivity contribution is -0.164. The fourth-order valence-electron chi connectivity index (χ4n) is 8.00. The van der Waals surface area contributed by atoms with E-state index >= 15 is 0 Å². The van der Waals surface area contributed by atoms with E-state index in [0.717, 1.165) is 44.9 Å². The molecule has 3 nitrogen and oxygen atoms in total. The number of nitrogens with two attached hydrogens (primary N) is 1. The molecule has 5 aliphatic rings. The van der Waals surface area contributed by atoms with Gasteiger partial charge in [0.05, 0.1) is 5.41 Å². The topological polar surface area (TPSA) is 55.1 Å². The lowest BCUT2D eigenvalue weighted by Crippen LogP contribution is -2.63. The molecule has 5 aliphatic carbocycles. The summed E-state index contributed by atoms with van der Waals surface area (Å²) >= 11 is 0. The lowest BCUT2D eigenvalue weighted by atomic mass is 9.38. The maximum atomic E-state index is 13.7. The Morgan fingerprint density at radius 3 is 2.50 bits per heavy atom. The molecule has 1 aromatic carbocycles. The second kappa shape index (κ2) is 6.58. The molecule has 2 unspecified atom stereocenters. The molecule has 6 rings (SSSR count). The zero-order valence-corrected chi connectivity index (χ0v) is 17.4. The first kappa shape index (κ1) is 18.7. The first-order valence-electron chi connectivity index (χ1n) is 11.6. The molecule has 3 heteroatoms. The van der Waals surface area contributed by atoms with Crippen LogP contribution >= 0.6 is 0 Å². The monoisotopic (exact) mass is 380 g/mol. The Labute approximate surface area is 169 Å². The molecule has 0 radical (unpaired) electrons. The van der Waals surface area contributed by atoms with Crippen LogP contribution in [0.1, 0.15) is 83.1 Å². The average molecular weight is 381 g/mol. The normalized spacial score (nSPS) is 44.4. The molecule has 5 fully saturated rings. The van der Waals surface area contributed by atoms with Crippen molar-refractivity contribution in [3.05, 3.63) is 35.9 Å². The number of hydrogen-bond donors (Lipinski definition) is 2. The van der Waals surface area contributed by atoms with Gasteiger partial charge in [-0.3, -0.25) is 4.79 Å². The van der Waals surface area contributed by atoms with Crippen LogP contribution in [0.25, 0.3) is 0 Å². The second-order valence-corrected chi connectivity index (χ2v) is 10.9. The van der Waals surface area contributed by atoms with Crippen LogP contribution in [0, 0.1) is 16.7 Å². The van der Waals surface area contributed by atoms with Gasteiger partial charge >= 0.3 is 0 Å². The van der Waals surface area contributed by atoms with E-state index in [2.05, 4.69) is 42.6 Å². The maximum Gasteiger partial charge on any atom is 0.226 e. The van der Waals surface area contributed by atoms with E-state index in [0.29, 0.717) is 29.3 Å². The minimum absolute atomic E-state index is 0.148. The quantitative estimate of drug-likeness (QED) is 0.796. The van der Waals surface area contributed by atoms with E-state index in [1.54, 1.807) is 0 Å². The zero-order chi connectivity index (χ0) is 19.4. The highest BCUT2D eigenvalue weighted by Gasteiger charge is 2.65. The van der Waals surface area contributed by atoms with Crippen molar-refractivity contribution in [3.63, 3.8) is 0 Å². The molecular weight excluding hydrogens is 344 g/mol. The Kier molecular flexibility index (Phi) is 4.39. The Balaban J connectivity index is 1.45. The molecule has 1 amide bonds. The van der Waals surface area contributed by atoms with Crippen LogP contribution in [-0.4, -0.2) is 18.0 Å². The van der Waals surface area contributed by atoms with Gasteiger partial charge in [-0.1, -0.05) is 43.7 Å². The lowest BCUT2D eigenvalue weighted by Gasteiger charge is -2.66. The van der Waals surface area contributed by atoms with E-state index < -0.39 is 0 Å². The van der Waals surface area contributed by atoms with Gasteiger partial charge in [0.1, 0.15) is 0 Å². The van der Waals surface area contributed by atoms with Crippen LogP contribution in [-0.2, 0) is 10.2 Å². The van der Waals surface area contributed by atoms with Gasteiger partial charge in [0.15, 0.2) is 0 Å². The fourth-order valence-corrected chi connectivity index (χ4v) is 8.00. The van der Waals surface area contributed by atoms with E-state index in [4.69, 9.17) is 5.73 Å². The summed E-state index contributed by atoms with van der Waals surface area (Å²) in [5, 5.41) is 3.51. The maximum absolute atomic E-state index is 13.7. The smallest absolute Gasteiger partial charge is 0.226 e. The second-order valence-electron chi connectivity index (χ2n) is 10.9. The SMILES string of the molecule is CC[C@@]12CC3CC(C(=O)NC4CCC(N)CC4)(C1)C[C@](c1ccccc1)(C3)C2. The number of benzene rings is 1. The standard InChI is InChI=1S/C25H36N2O/c1-2-23-12-18-13-24(15-23,19-6-4-3-5-7-19)17-25(14-18,16-23)22(28)27-21-10-8-20(26)9-11-21/h3-7,18,20-21H,2,8-17,26H2,1H3,(H,27,28)/t18?,20?,21?,23-,24-,25?/m0/s1. The van der Waals surface area contributed by atoms with Gasteiger partial charge in [-0.05, 0) is 86.5 Å². The molecule has 0 heterocycles. The van der Waals surface area contributed by atoms with Crippen molar-refractivity contribution in [3.8, 4) is 0 Å². The van der Waals surface area contributed by atoms with E-state index in [9.17, 15) is 4.79 Å². The molecule has 0 aromatic heterocycles. The van der Waals surface area contributed by atoms with Crippen molar-refractivity contribution in [1.29, 1.82) is 0 Å². The predicted molar refractivity (Wildman–Crippen MR) is 113 cm³/mol. The van der Waals surface area contributed by atoms with Crippen molar-refractivity contribution in [2.45, 2.75) is 95.1 Å². The van der Waals surface area contributed by atoms with Gasteiger partial charge < -0.3 is 11.1 Å². The third-order valence-corrected chi connectivity index (χ3v) is 8.91. The van der Waals surface area contributed by atoms with Crippen LogP contribution in [0.4, 0.5) is 0 Å². The van der Waals surface area contributed by atoms with Gasteiger partial charge in [0.2, 0.25) is 5.91 Å². The van der Waals surface area contributed by atoms with Crippen molar-refractivity contribution >= 4 is 5.91 Å². The van der Waals surface area contributed by atoms with Crippen molar-refractivity contribution in [1.82, 2.24) is 5.32 Å². The van der Waals surface area contributed by atoms with E-state index in [1.807, 2.05) is 0 Å². The molecule has 3 N–H and O–H groups in total. The summed E-state index contributed by atoms with van der Waals surface area (Å²) in [4.78, 5) is 13.7. The molecule has 152 valence electrons. The van der Waals surface area contributed by atoms with Crippen molar-refractivity contribution in [2.75, 3.05) is 0 Å². The van der Waals surface area contributed by atoms with Gasteiger partial charge in [0.25, 0.3) is 0 Å². The van der Waals surface area contributed by atoms with Gasteiger partial charge in [-0.15, -0.1) is 0 Å². The molecule has 4 bridgehead atoms. The third-order valence-electron chi connectivity index (χ3n) is 8.91. The highest BCUT2D eigenvalue weighted by Crippen LogP contribution is 2.71. The van der Waals surface area contributed by atoms with Crippen molar-refractivity contribution in [2.24, 2.45) is 22.5 Å². The summed E-state index contributed by atoms with van der Waals surface area (Å²) < 4.78 is 0. The van der Waals surface area contributed by atoms with Crippen LogP contribution in [0.5, 0.6) is 0 Å². The Hall–Kier alpha value is -1.35. The number of rotatable bonds is 4. The summed E-state index contributed by atoms with van der Waals surface area (Å²) in [6.45, 7) is 2.36. The molecule has 1 aromatic rings. The number of amides is 1. The number of nitrogens with one attached hydrogen (secondary N) is 1. The third kappa shape index (κ3) is 2.93. The fraction of sp³-hybridized carbons (Fsp3) is 0.720. The first-order valence-corrected chi connectivity index (χ1v) is 11.6. The van der Waals surface area contributed by atoms with E-state index in [-0.39, 0.29) is 10.8 Å². The summed E-state index contributed by atoms with van der Waals surface area (Å²) in [7, 11) is 0. The first-order chi connectivity index (χ1) is 13.5. The summed E-state index contributed by atoms with van der Waals surface area (Å²) in [5.41, 5.74) is 7.99. The molecular formula is C25H36N2O. The van der Waals surface area contributed by atoms with Crippen LogP contribution < -0.4 is 11.1 Å². The minimum atomic E-state index is -0.148. The Bertz CT molecular complexity index is 740. The van der Waals surface area contributed by atoms with Gasteiger partial charge in [0, 0.05) is 12.1 Å². The Morgan fingerprint density at radius 1 is 1.04 bits per heavy atom. The molecule has 4 atom stereocenters. The van der Waals surface area contributed by atoms with Crippen LogP contribution in [0.15, 0.2) is 30.3 Å². The molecule has 5 saturated carbocycles. The molecule has 0 saturated heterocycles. The van der Waals surface area contributed by atoms with Gasteiger partial charge in [-0.2, -0.15) is 0 Å². The summed E-state index contributed by atoms with van der Waals surface area (Å²) in [6.07, 6.45) is 12.6. The van der Waals surface area contributed by atoms with E-state index in [1.165, 1.54) is 31.2 Å². The Morgan fingerprint density at radius 2 is 1.79 bits per heavy atom. The van der Waals surface area contributed by atoms with Crippen LogP contribution in [0.2, 0.25) is 0 Å². The molecule has 0 aliphatic heterocycles. The highest BCUT2D eigenvalue weighted by atomic mass is 16.2. The molecule has 0 spiro atoms. The number of hydrogen-bond acceptors (Lipinski definition) is 2. The minimum Gasteiger partial charge on any atom is -0.353 e. The number of carbonyl (C=O) groups is 1. The van der Waals surface area contributed by atoms with Gasteiger partial charge in [-0.25, -0.2) is 0 Å². The van der Waals surface area contributed by atoms with Crippen LogP contribution in [0.3, 0.4) is 0 Å². The predicted octanol–water partition coefficient (Wildman–Crippen LogP) is 4.69. The highest BCUT2D eigenvalue weighted by molar-refractivity contribution is 5.84. The average Bonchev–Trinajstić information content (AvgIpc) is 2.69. The molecule has 28 heavy (non-hydrogen) atoms. The summed E-state index contributed by atoms with van der Waals surface area (Å²) in [5.74, 6) is 1.08. The number of carbonyl (C=O) groups excluding carboxylic acids is 1. The van der Waals surface area contributed by atoms with Crippen molar-refractivity contribution < 1.29 is 4.79 Å².